The summed E-state index contributed by atoms with van der Waals surface area (Å²) in [4.78, 5) is 59.7. The molecule has 3 saturated heterocycles. The third-order valence-corrected chi connectivity index (χ3v) is 25.7. The number of aromatic nitrogens is 10. The summed E-state index contributed by atoms with van der Waals surface area (Å²) in [6.45, 7) is 31.8. The highest BCUT2D eigenvalue weighted by Gasteiger charge is 2.35. The molecule has 10 aromatic heterocycles. The van der Waals surface area contributed by atoms with Crippen molar-refractivity contribution >= 4 is 71.4 Å². The molecule has 5 aliphatic rings. The van der Waals surface area contributed by atoms with E-state index < -0.39 is 19.7 Å². The van der Waals surface area contributed by atoms with Crippen LogP contribution >= 0.6 is 0 Å². The zero-order valence-electron chi connectivity index (χ0n) is 69.3. The summed E-state index contributed by atoms with van der Waals surface area (Å²) in [5, 5.41) is 5.76. The number of halogens is 2. The molecule has 0 unspecified atom stereocenters. The van der Waals surface area contributed by atoms with Crippen LogP contribution in [0.2, 0.25) is 0 Å². The SMILES string of the molecule is C.CC1(C)CN(Cc2ccc(-c3cccc4nc(NC(=O)C5CC5)cn34)cc2)C1.Cc1cn2c(-c3ccc(CN4CCS(=O)(=O)CC4)cc3)cccc2n1.Cc1cn2c(-c3ccc(CN4CCS(=O)(=O)CC4)cc3F)cccc2n1.[C-]#[N+]Cc1ccc(-c2cccc3nc(C)cn23)cc1.[C-]#[N+]Cc1ccc(-c2cccc3nc(NC(=O)C4CC4)cn23)c(F)c1. The Balaban J connectivity index is 0.000000120. The number of hydrogen-bond acceptors (Lipinski definition) is 14. The van der Waals surface area contributed by atoms with E-state index in [4.69, 9.17) is 13.1 Å². The zero-order chi connectivity index (χ0) is 85.7. The minimum Gasteiger partial charge on any atom is -0.312 e. The minimum absolute atomic E-state index is 0. The van der Waals surface area contributed by atoms with Crippen LogP contribution in [-0.2, 0) is 62.0 Å². The lowest BCUT2D eigenvalue weighted by Gasteiger charge is -2.46. The Kier molecular flexibility index (Phi) is 25.7. The lowest BCUT2D eigenvalue weighted by molar-refractivity contribution is -0.118. The van der Waals surface area contributed by atoms with Crippen LogP contribution in [0.4, 0.5) is 20.4 Å². The summed E-state index contributed by atoms with van der Waals surface area (Å²) < 4.78 is 85.3. The number of amides is 2. The fraction of sp³-hybridized carbons (Fsp3) is 0.289. The first-order valence-electron chi connectivity index (χ1n) is 41.3. The average molecular weight is 1700 g/mol. The molecule has 5 aromatic carbocycles. The Morgan fingerprint density at radius 2 is 0.710 bits per heavy atom. The lowest BCUT2D eigenvalue weighted by Crippen LogP contribution is -2.52. The van der Waals surface area contributed by atoms with Crippen molar-refractivity contribution in [2.75, 3.05) is 72.9 Å². The molecular formula is C97H99F2N17O6S2. The summed E-state index contributed by atoms with van der Waals surface area (Å²) >= 11 is 0. The summed E-state index contributed by atoms with van der Waals surface area (Å²) in [6, 6.07) is 64.8. The van der Waals surface area contributed by atoms with Gasteiger partial charge in [0.2, 0.25) is 24.9 Å². The molecule has 20 rings (SSSR count). The van der Waals surface area contributed by atoms with Gasteiger partial charge >= 0.3 is 0 Å². The summed E-state index contributed by atoms with van der Waals surface area (Å²) in [6.07, 6.45) is 13.4. The molecule has 3 aliphatic heterocycles. The predicted octanol–water partition coefficient (Wildman–Crippen LogP) is 17.7. The van der Waals surface area contributed by atoms with Crippen molar-refractivity contribution in [3.05, 3.63) is 311 Å². The molecular weight excluding hydrogens is 1600 g/mol. The number of nitrogens with one attached hydrogen (secondary N) is 2. The molecule has 0 bridgehead atoms. The standard InChI is InChI=1S/C23H26N4O.C19H15FN4O.C19H20FN3O2S.C19H21N3O2S.C16H13N3.CH4/c1-23(2)14-26(15-23)12-16-6-8-17(9-7-16)19-4-3-5-21-24-20(13-27(19)21)25-22(28)18-10-11-18;1-21-10-12-5-8-14(15(20)9-12)16-3-2-4-18-22-17(11-24(16)18)23-19(25)13-6-7-13;1-14-12-23-18(3-2-4-19(23)21-14)16-6-5-15(11-17(16)20)13-22-7-9-26(24,25)10-8-22;1-15-13-22-18(3-2-4-19(22)20-15)17-7-5-16(6-8-17)14-21-9-11-25(23,24)12-10-21;1-12-11-19-15(4-3-5-16(19)18-12)14-8-6-13(7-9-14)10-17-2;/h3-9,13,18H,10-12,14-15H2,1-2H3,(H,25,28);2-5,8-9,11,13H,6-7,10H2,(H,23,25);2-6,11-12H,7-10,13H2,1H3;2-8,13H,9-12,14H2,1H3;3-9,11H,10H2,1H3;1H4. The van der Waals surface area contributed by atoms with E-state index in [0.717, 1.165) is 129 Å². The Bertz CT molecular complexity index is 6740. The van der Waals surface area contributed by atoms with Gasteiger partial charge in [-0.05, 0) is 170 Å². The van der Waals surface area contributed by atoms with Crippen LogP contribution in [0.3, 0.4) is 0 Å². The highest BCUT2D eigenvalue weighted by Crippen LogP contribution is 2.36. The van der Waals surface area contributed by atoms with Gasteiger partial charge in [0.1, 0.15) is 39.9 Å². The minimum atomic E-state index is -2.90. The van der Waals surface area contributed by atoms with Gasteiger partial charge in [-0.1, -0.05) is 137 Å². The third kappa shape index (κ3) is 20.9. The van der Waals surface area contributed by atoms with Gasteiger partial charge in [-0.3, -0.25) is 46.3 Å². The van der Waals surface area contributed by atoms with E-state index in [1.54, 1.807) is 47.0 Å². The topological polar surface area (TPSA) is 231 Å². The molecule has 27 heteroatoms. The van der Waals surface area contributed by atoms with Crippen LogP contribution in [0.5, 0.6) is 0 Å². The first-order chi connectivity index (χ1) is 59.3. The van der Waals surface area contributed by atoms with Crippen molar-refractivity contribution in [1.82, 2.24) is 61.6 Å². The number of fused-ring (bicyclic) bond motifs is 5. The Labute approximate surface area is 721 Å². The van der Waals surface area contributed by atoms with E-state index in [1.807, 2.05) is 129 Å². The van der Waals surface area contributed by atoms with Crippen LogP contribution in [-0.4, -0.2) is 153 Å². The highest BCUT2D eigenvalue weighted by molar-refractivity contribution is 7.91. The molecule has 13 heterocycles. The molecule has 2 amide bonds. The van der Waals surface area contributed by atoms with Gasteiger partial charge in [0.25, 0.3) is 0 Å². The number of nitrogens with zero attached hydrogens (tertiary/aromatic N) is 15. The van der Waals surface area contributed by atoms with E-state index in [1.165, 1.54) is 30.3 Å². The van der Waals surface area contributed by atoms with Crippen molar-refractivity contribution in [3.8, 4) is 56.3 Å². The van der Waals surface area contributed by atoms with Gasteiger partial charge in [-0.2, -0.15) is 0 Å². The average Bonchev–Trinajstić information content (AvgIpc) is 1.60. The maximum atomic E-state index is 14.8. The molecule has 2 saturated carbocycles. The molecule has 15 aromatic rings. The fourth-order valence-corrected chi connectivity index (χ4v) is 18.5. The van der Waals surface area contributed by atoms with Crippen LogP contribution < -0.4 is 10.6 Å². The predicted molar refractivity (Wildman–Crippen MR) is 484 cm³/mol. The number of aryl methyl sites for hydroxylation is 3. The molecule has 0 spiro atoms. The second-order valence-electron chi connectivity index (χ2n) is 33.1. The smallest absolute Gasteiger partial charge is 0.239 e. The van der Waals surface area contributed by atoms with Gasteiger partial charge in [0.15, 0.2) is 31.3 Å². The first kappa shape index (κ1) is 86.1. The zero-order valence-corrected chi connectivity index (χ0v) is 70.9. The van der Waals surface area contributed by atoms with Crippen LogP contribution in [0.1, 0.15) is 91.9 Å². The van der Waals surface area contributed by atoms with E-state index in [2.05, 4.69) is 166 Å². The van der Waals surface area contributed by atoms with Gasteiger partial charge in [-0.25, -0.2) is 63.7 Å². The molecule has 634 valence electrons. The van der Waals surface area contributed by atoms with Gasteiger partial charge in [0, 0.05) is 112 Å². The summed E-state index contributed by atoms with van der Waals surface area (Å²) in [5.74, 6) is 1.66. The third-order valence-electron chi connectivity index (χ3n) is 22.5. The van der Waals surface area contributed by atoms with Gasteiger partial charge in [0.05, 0.1) is 81.0 Å². The highest BCUT2D eigenvalue weighted by atomic mass is 32.2. The number of likely N-dealkylation sites (tertiary alicyclic amines) is 1. The molecule has 2 N–H and O–H groups in total. The lowest BCUT2D eigenvalue weighted by atomic mass is 9.84. The fourth-order valence-electron chi connectivity index (χ4n) is 16.0. The Hall–Kier alpha value is -12.9. The van der Waals surface area contributed by atoms with Gasteiger partial charge < -0.3 is 20.3 Å². The van der Waals surface area contributed by atoms with Crippen LogP contribution in [0, 0.1) is 62.8 Å². The van der Waals surface area contributed by atoms with Crippen molar-refractivity contribution in [1.29, 1.82) is 0 Å². The molecule has 5 fully saturated rings. The maximum absolute atomic E-state index is 14.8. The molecule has 23 nitrogen and oxygen atoms in total. The second kappa shape index (κ2) is 37.0. The number of carbonyl (C=O) groups excluding carboxylic acids is 2. The molecule has 124 heavy (non-hydrogen) atoms. The number of carbonyl (C=O) groups is 2. The van der Waals surface area contributed by atoms with E-state index >= 15 is 0 Å². The Morgan fingerprint density at radius 1 is 0.403 bits per heavy atom. The van der Waals surface area contributed by atoms with Crippen LogP contribution in [0.15, 0.2) is 231 Å². The number of pyridine rings is 5. The number of rotatable bonds is 17. The number of hydrogen-bond donors (Lipinski definition) is 2. The van der Waals surface area contributed by atoms with Crippen molar-refractivity contribution in [3.63, 3.8) is 0 Å². The van der Waals surface area contributed by atoms with Gasteiger partial charge in [-0.15, -0.1) is 0 Å². The maximum Gasteiger partial charge on any atom is 0.239 e. The summed E-state index contributed by atoms with van der Waals surface area (Å²) in [7, 11) is -5.72. The van der Waals surface area contributed by atoms with Crippen molar-refractivity contribution in [2.24, 2.45) is 17.3 Å². The quantitative estimate of drug-likeness (QED) is 0.0808. The number of sulfone groups is 2. The molecule has 0 radical (unpaired) electrons. The summed E-state index contributed by atoms with van der Waals surface area (Å²) in [5.41, 5.74) is 21.7. The Morgan fingerprint density at radius 3 is 1.08 bits per heavy atom. The monoisotopic (exact) mass is 1700 g/mol. The second-order valence-corrected chi connectivity index (χ2v) is 37.7. The largest absolute Gasteiger partial charge is 0.312 e. The number of benzene rings is 5. The van der Waals surface area contributed by atoms with Crippen LogP contribution in [0.25, 0.3) is 94.2 Å². The molecule has 2 aliphatic carbocycles. The van der Waals surface area contributed by atoms with Crippen molar-refractivity contribution < 1.29 is 35.2 Å². The number of anilines is 2. The molecule has 0 atom stereocenters. The first-order valence-corrected chi connectivity index (χ1v) is 45.0. The van der Waals surface area contributed by atoms with Crippen molar-refractivity contribution in [2.45, 2.75) is 100 Å². The van der Waals surface area contributed by atoms with E-state index in [0.29, 0.717) is 84.4 Å². The van der Waals surface area contributed by atoms with E-state index in [9.17, 15) is 35.2 Å². The van der Waals surface area contributed by atoms with E-state index in [-0.39, 0.29) is 72.3 Å². The normalized spacial score (nSPS) is 15.9. The number of imidazole rings is 5.